The quantitative estimate of drug-likeness (QED) is 0.582. The largest absolute Gasteiger partial charge is 0.372 e. The standard InChI is InChI=1S/C12H19N3O3/c1-9(17-2)12(16)15(18-3)8-10-4-6-11(14-13)7-5-10/h4-7,9,14H,8,13H2,1-3H3. The summed E-state index contributed by atoms with van der Waals surface area (Å²) >= 11 is 0. The highest BCUT2D eigenvalue weighted by Crippen LogP contribution is 2.11. The smallest absolute Gasteiger partial charge is 0.275 e. The molecule has 0 fully saturated rings. The first kappa shape index (κ1) is 14.4. The summed E-state index contributed by atoms with van der Waals surface area (Å²) in [7, 11) is 2.94. The third kappa shape index (κ3) is 3.69. The van der Waals surface area contributed by atoms with Crippen molar-refractivity contribution in [3.63, 3.8) is 0 Å². The highest BCUT2D eigenvalue weighted by molar-refractivity contribution is 5.79. The lowest BCUT2D eigenvalue weighted by Gasteiger charge is -2.22. The summed E-state index contributed by atoms with van der Waals surface area (Å²) in [5.41, 5.74) is 4.28. The first-order valence-corrected chi connectivity index (χ1v) is 5.56. The Bertz CT molecular complexity index is 381. The topological polar surface area (TPSA) is 76.8 Å². The minimum absolute atomic E-state index is 0.221. The van der Waals surface area contributed by atoms with Crippen molar-refractivity contribution < 1.29 is 14.4 Å². The first-order chi connectivity index (χ1) is 8.62. The zero-order valence-electron chi connectivity index (χ0n) is 10.8. The minimum Gasteiger partial charge on any atom is -0.372 e. The number of benzene rings is 1. The Balaban J connectivity index is 2.70. The van der Waals surface area contributed by atoms with Crippen LogP contribution in [0.15, 0.2) is 24.3 Å². The molecule has 0 aliphatic rings. The van der Waals surface area contributed by atoms with E-state index >= 15 is 0 Å². The number of hydroxylamine groups is 2. The molecule has 0 spiro atoms. The normalized spacial score (nSPS) is 12.0. The summed E-state index contributed by atoms with van der Waals surface area (Å²) in [5, 5.41) is 1.26. The van der Waals surface area contributed by atoms with Crippen LogP contribution < -0.4 is 11.3 Å². The van der Waals surface area contributed by atoms with Gasteiger partial charge in [0.15, 0.2) is 0 Å². The second-order valence-corrected chi connectivity index (χ2v) is 3.78. The van der Waals surface area contributed by atoms with Gasteiger partial charge in [0.2, 0.25) is 0 Å². The average molecular weight is 253 g/mol. The molecule has 0 saturated carbocycles. The number of hydrazine groups is 1. The van der Waals surface area contributed by atoms with Gasteiger partial charge in [-0.15, -0.1) is 0 Å². The van der Waals surface area contributed by atoms with E-state index in [4.69, 9.17) is 15.4 Å². The molecular weight excluding hydrogens is 234 g/mol. The van der Waals surface area contributed by atoms with Crippen LogP contribution in [0.2, 0.25) is 0 Å². The van der Waals surface area contributed by atoms with Crippen LogP contribution in [-0.4, -0.2) is 31.3 Å². The molecule has 1 aromatic carbocycles. The maximum absolute atomic E-state index is 11.9. The molecule has 0 bridgehead atoms. The number of carbonyl (C=O) groups excluding carboxylic acids is 1. The van der Waals surface area contributed by atoms with Gasteiger partial charge in [-0.1, -0.05) is 12.1 Å². The van der Waals surface area contributed by atoms with E-state index in [0.717, 1.165) is 11.3 Å². The number of hydrogen-bond donors (Lipinski definition) is 2. The fraction of sp³-hybridized carbons (Fsp3) is 0.417. The highest BCUT2D eigenvalue weighted by Gasteiger charge is 2.20. The highest BCUT2D eigenvalue weighted by atomic mass is 16.7. The molecule has 1 amide bonds. The summed E-state index contributed by atoms with van der Waals surface area (Å²) in [6, 6.07) is 7.39. The molecule has 0 aromatic heterocycles. The van der Waals surface area contributed by atoms with E-state index in [2.05, 4.69) is 5.43 Å². The van der Waals surface area contributed by atoms with Crippen molar-refractivity contribution in [3.8, 4) is 0 Å². The van der Waals surface area contributed by atoms with E-state index in [1.165, 1.54) is 19.3 Å². The van der Waals surface area contributed by atoms with Crippen molar-refractivity contribution in [3.05, 3.63) is 29.8 Å². The zero-order valence-corrected chi connectivity index (χ0v) is 10.8. The van der Waals surface area contributed by atoms with Gasteiger partial charge in [0.1, 0.15) is 6.10 Å². The van der Waals surface area contributed by atoms with Crippen molar-refractivity contribution in [2.24, 2.45) is 5.84 Å². The van der Waals surface area contributed by atoms with Crippen LogP contribution in [-0.2, 0) is 20.9 Å². The molecule has 0 heterocycles. The number of methoxy groups -OCH3 is 1. The molecule has 0 radical (unpaired) electrons. The van der Waals surface area contributed by atoms with E-state index in [1.54, 1.807) is 6.92 Å². The molecule has 0 aliphatic carbocycles. The van der Waals surface area contributed by atoms with E-state index < -0.39 is 6.10 Å². The van der Waals surface area contributed by atoms with Crippen LogP contribution in [0.1, 0.15) is 12.5 Å². The van der Waals surface area contributed by atoms with Crippen LogP contribution in [0.5, 0.6) is 0 Å². The molecule has 3 N–H and O–H groups in total. The number of nitrogens with one attached hydrogen (secondary N) is 1. The van der Waals surface area contributed by atoms with Crippen molar-refractivity contribution in [1.29, 1.82) is 0 Å². The second-order valence-electron chi connectivity index (χ2n) is 3.78. The molecule has 1 aromatic rings. The minimum atomic E-state index is -0.532. The number of nitrogens with zero attached hydrogens (tertiary/aromatic N) is 1. The molecule has 6 heteroatoms. The van der Waals surface area contributed by atoms with Crippen molar-refractivity contribution in [2.45, 2.75) is 19.6 Å². The van der Waals surface area contributed by atoms with E-state index in [9.17, 15) is 4.79 Å². The molecule has 1 unspecified atom stereocenters. The summed E-state index contributed by atoms with van der Waals surface area (Å²) in [6.07, 6.45) is -0.532. The Morgan fingerprint density at radius 2 is 2.00 bits per heavy atom. The van der Waals surface area contributed by atoms with Crippen LogP contribution >= 0.6 is 0 Å². The van der Waals surface area contributed by atoms with Gasteiger partial charge in [0.25, 0.3) is 5.91 Å². The molecule has 0 saturated heterocycles. The van der Waals surface area contributed by atoms with Gasteiger partial charge in [0.05, 0.1) is 13.7 Å². The lowest BCUT2D eigenvalue weighted by atomic mass is 10.2. The number of anilines is 1. The van der Waals surface area contributed by atoms with Gasteiger partial charge < -0.3 is 10.2 Å². The first-order valence-electron chi connectivity index (χ1n) is 5.56. The monoisotopic (exact) mass is 253 g/mol. The van der Waals surface area contributed by atoms with Crippen molar-refractivity contribution in [1.82, 2.24) is 5.06 Å². The van der Waals surface area contributed by atoms with Crippen LogP contribution in [0.25, 0.3) is 0 Å². The number of ether oxygens (including phenoxy) is 1. The van der Waals surface area contributed by atoms with E-state index in [1.807, 2.05) is 24.3 Å². The van der Waals surface area contributed by atoms with Gasteiger partial charge in [0, 0.05) is 12.8 Å². The summed E-state index contributed by atoms with van der Waals surface area (Å²) in [4.78, 5) is 16.9. The SMILES string of the molecule is COC(C)C(=O)N(Cc1ccc(NN)cc1)OC. The number of rotatable bonds is 6. The second kappa shape index (κ2) is 6.95. The van der Waals surface area contributed by atoms with Crippen LogP contribution in [0, 0.1) is 0 Å². The molecule has 1 atom stereocenters. The fourth-order valence-corrected chi connectivity index (χ4v) is 1.41. The van der Waals surface area contributed by atoms with Crippen molar-refractivity contribution >= 4 is 11.6 Å². The summed E-state index contributed by atoms with van der Waals surface area (Å²) < 4.78 is 4.97. The third-order valence-electron chi connectivity index (χ3n) is 2.61. The van der Waals surface area contributed by atoms with Crippen LogP contribution in [0.3, 0.4) is 0 Å². The summed E-state index contributed by atoms with van der Waals surface area (Å²) in [6.45, 7) is 2.03. The molecule has 100 valence electrons. The summed E-state index contributed by atoms with van der Waals surface area (Å²) in [5.74, 6) is 5.06. The predicted molar refractivity (Wildman–Crippen MR) is 68.3 cm³/mol. The molecule has 1 rings (SSSR count). The number of nitrogens with two attached hydrogens (primary N) is 1. The number of amides is 1. The van der Waals surface area contributed by atoms with Crippen molar-refractivity contribution in [2.75, 3.05) is 19.6 Å². The molecule has 0 aliphatic heterocycles. The van der Waals surface area contributed by atoms with Gasteiger partial charge in [-0.25, -0.2) is 5.06 Å². The Morgan fingerprint density at radius 1 is 1.39 bits per heavy atom. The lowest BCUT2D eigenvalue weighted by Crippen LogP contribution is -2.37. The number of nitrogen functional groups attached to an aromatic ring is 1. The van der Waals surface area contributed by atoms with Gasteiger partial charge >= 0.3 is 0 Å². The maximum atomic E-state index is 11.9. The van der Waals surface area contributed by atoms with Gasteiger partial charge in [-0.3, -0.25) is 15.5 Å². The number of carbonyl (C=O) groups is 1. The molecule has 6 nitrogen and oxygen atoms in total. The lowest BCUT2D eigenvalue weighted by molar-refractivity contribution is -0.188. The predicted octanol–water partition coefficient (Wildman–Crippen LogP) is 0.897. The Kier molecular flexibility index (Phi) is 5.57. The van der Waals surface area contributed by atoms with Crippen LogP contribution in [0.4, 0.5) is 5.69 Å². The van der Waals surface area contributed by atoms with E-state index in [-0.39, 0.29) is 5.91 Å². The third-order valence-corrected chi connectivity index (χ3v) is 2.61. The molecular formula is C12H19N3O3. The maximum Gasteiger partial charge on any atom is 0.275 e. The zero-order chi connectivity index (χ0) is 13.5. The van der Waals surface area contributed by atoms with Gasteiger partial charge in [-0.2, -0.15) is 0 Å². The Hall–Kier alpha value is -1.63. The Morgan fingerprint density at radius 3 is 2.44 bits per heavy atom. The number of hydrogen-bond acceptors (Lipinski definition) is 5. The Labute approximate surface area is 107 Å². The average Bonchev–Trinajstić information content (AvgIpc) is 2.43. The molecule has 18 heavy (non-hydrogen) atoms. The van der Waals surface area contributed by atoms with Gasteiger partial charge in [-0.05, 0) is 24.6 Å². The van der Waals surface area contributed by atoms with E-state index in [0.29, 0.717) is 6.54 Å². The fourth-order valence-electron chi connectivity index (χ4n) is 1.41.